The summed E-state index contributed by atoms with van der Waals surface area (Å²) >= 11 is 0. The van der Waals surface area contributed by atoms with Crippen LogP contribution in [0.3, 0.4) is 0 Å². The van der Waals surface area contributed by atoms with E-state index in [0.29, 0.717) is 12.5 Å². The van der Waals surface area contributed by atoms with Gasteiger partial charge in [0.2, 0.25) is 5.96 Å². The topological polar surface area (TPSA) is 53.6 Å². The number of hydrogen-bond donors (Lipinski definition) is 2. The molecule has 1 aromatic carbocycles. The first-order valence-electron chi connectivity index (χ1n) is 6.14. The molecule has 0 aromatic heterocycles. The Bertz CT molecular complexity index is 392. The molecule has 0 aliphatic rings. The second-order valence-electron chi connectivity index (χ2n) is 4.19. The van der Waals surface area contributed by atoms with Gasteiger partial charge in [0.25, 0.3) is 0 Å². The maximum absolute atomic E-state index is 13.1. The van der Waals surface area contributed by atoms with E-state index in [1.54, 1.807) is 6.07 Å². The third-order valence-electron chi connectivity index (χ3n) is 2.57. The van der Waals surface area contributed by atoms with E-state index in [0.717, 1.165) is 24.9 Å². The number of guanidine groups is 1. The zero-order valence-electron chi connectivity index (χ0n) is 11.0. The molecule has 4 nitrogen and oxygen atoms in total. The molecule has 100 valence electrons. The predicted molar refractivity (Wildman–Crippen MR) is 72.4 cm³/mol. The maximum Gasteiger partial charge on any atom is 0.208 e. The molecule has 0 aliphatic heterocycles. The number of rotatable bonds is 5. The first-order chi connectivity index (χ1) is 8.67. The minimum absolute atomic E-state index is 0.230. The van der Waals surface area contributed by atoms with Crippen molar-refractivity contribution < 1.29 is 4.39 Å². The molecule has 0 fully saturated rings. The average Bonchev–Trinajstić information content (AvgIpc) is 2.34. The van der Waals surface area contributed by atoms with Crippen molar-refractivity contribution in [3.05, 3.63) is 35.6 Å². The molecule has 0 saturated heterocycles. The van der Waals surface area contributed by atoms with Gasteiger partial charge in [-0.1, -0.05) is 25.5 Å². The summed E-state index contributed by atoms with van der Waals surface area (Å²) in [6.07, 6.45) is 2.12. The van der Waals surface area contributed by atoms with Gasteiger partial charge in [-0.15, -0.1) is 0 Å². The monoisotopic (exact) mass is 252 g/mol. The standard InChI is InChI=1S/C13H21FN4/c1-3-4-8-16-13(17-15)18(2)10-11-6-5-7-12(14)9-11/h5-7,9H,3-4,8,10,15H2,1-2H3,(H,16,17). The van der Waals surface area contributed by atoms with Gasteiger partial charge in [-0.25, -0.2) is 10.2 Å². The van der Waals surface area contributed by atoms with Crippen molar-refractivity contribution in [2.75, 3.05) is 13.6 Å². The quantitative estimate of drug-likeness (QED) is 0.276. The van der Waals surface area contributed by atoms with Crippen LogP contribution in [-0.2, 0) is 6.54 Å². The Morgan fingerprint density at radius 3 is 2.89 bits per heavy atom. The van der Waals surface area contributed by atoms with Crippen LogP contribution in [0, 0.1) is 5.82 Å². The minimum atomic E-state index is -0.230. The average molecular weight is 252 g/mol. The van der Waals surface area contributed by atoms with Gasteiger partial charge in [-0.3, -0.25) is 10.4 Å². The Balaban J connectivity index is 2.61. The molecule has 18 heavy (non-hydrogen) atoms. The molecule has 0 saturated carbocycles. The highest BCUT2D eigenvalue weighted by molar-refractivity contribution is 5.79. The summed E-state index contributed by atoms with van der Waals surface area (Å²) in [5, 5.41) is 0. The number of benzene rings is 1. The lowest BCUT2D eigenvalue weighted by Crippen LogP contribution is -2.42. The molecular formula is C13H21FN4. The Kier molecular flexibility index (Phi) is 6.14. The van der Waals surface area contributed by atoms with Crippen LogP contribution >= 0.6 is 0 Å². The van der Waals surface area contributed by atoms with E-state index in [2.05, 4.69) is 17.3 Å². The van der Waals surface area contributed by atoms with E-state index in [-0.39, 0.29) is 5.82 Å². The van der Waals surface area contributed by atoms with Crippen molar-refractivity contribution in [3.63, 3.8) is 0 Å². The molecule has 5 heteroatoms. The maximum atomic E-state index is 13.1. The van der Waals surface area contributed by atoms with E-state index in [4.69, 9.17) is 5.84 Å². The summed E-state index contributed by atoms with van der Waals surface area (Å²) in [5.41, 5.74) is 3.46. The van der Waals surface area contributed by atoms with E-state index >= 15 is 0 Å². The van der Waals surface area contributed by atoms with Gasteiger partial charge in [0, 0.05) is 20.1 Å². The molecule has 0 unspecified atom stereocenters. The van der Waals surface area contributed by atoms with Crippen molar-refractivity contribution in [1.82, 2.24) is 10.3 Å². The number of nitrogens with two attached hydrogens (primary N) is 1. The van der Waals surface area contributed by atoms with Crippen molar-refractivity contribution in [1.29, 1.82) is 0 Å². The zero-order chi connectivity index (χ0) is 13.4. The smallest absolute Gasteiger partial charge is 0.208 e. The number of unbranched alkanes of at least 4 members (excludes halogenated alkanes) is 1. The Morgan fingerprint density at radius 1 is 1.50 bits per heavy atom. The SMILES string of the molecule is CCCCN=C(NN)N(C)Cc1cccc(F)c1. The molecule has 0 atom stereocenters. The minimum Gasteiger partial charge on any atom is -0.341 e. The van der Waals surface area contributed by atoms with Gasteiger partial charge in [0.05, 0.1) is 0 Å². The number of nitrogens with one attached hydrogen (secondary N) is 1. The van der Waals surface area contributed by atoms with Gasteiger partial charge in [0.1, 0.15) is 5.82 Å². The van der Waals surface area contributed by atoms with E-state index in [1.165, 1.54) is 12.1 Å². The lowest BCUT2D eigenvalue weighted by atomic mass is 10.2. The molecule has 0 bridgehead atoms. The number of halogens is 1. The van der Waals surface area contributed by atoms with E-state index in [9.17, 15) is 4.39 Å². The number of nitrogens with zero attached hydrogens (tertiary/aromatic N) is 2. The van der Waals surface area contributed by atoms with Gasteiger partial charge in [-0.2, -0.15) is 0 Å². The summed E-state index contributed by atoms with van der Waals surface area (Å²) < 4.78 is 13.1. The zero-order valence-corrected chi connectivity index (χ0v) is 11.0. The Hall–Kier alpha value is -1.62. The second kappa shape index (κ2) is 7.66. The van der Waals surface area contributed by atoms with Crippen molar-refractivity contribution in [2.45, 2.75) is 26.3 Å². The van der Waals surface area contributed by atoms with E-state index < -0.39 is 0 Å². The van der Waals surface area contributed by atoms with Gasteiger partial charge < -0.3 is 4.90 Å². The summed E-state index contributed by atoms with van der Waals surface area (Å²) in [6.45, 7) is 3.41. The van der Waals surface area contributed by atoms with Gasteiger partial charge >= 0.3 is 0 Å². The fraction of sp³-hybridized carbons (Fsp3) is 0.462. The predicted octanol–water partition coefficient (Wildman–Crippen LogP) is 1.88. The fourth-order valence-electron chi connectivity index (χ4n) is 1.60. The van der Waals surface area contributed by atoms with Crippen LogP contribution in [0.5, 0.6) is 0 Å². The van der Waals surface area contributed by atoms with Gasteiger partial charge in [-0.05, 0) is 24.1 Å². The van der Waals surface area contributed by atoms with Crippen LogP contribution in [-0.4, -0.2) is 24.5 Å². The molecule has 0 aliphatic carbocycles. The van der Waals surface area contributed by atoms with Crippen LogP contribution in [0.25, 0.3) is 0 Å². The first kappa shape index (κ1) is 14.4. The van der Waals surface area contributed by atoms with Crippen LogP contribution in [0.4, 0.5) is 4.39 Å². The molecule has 0 amide bonds. The molecule has 1 aromatic rings. The molecule has 0 spiro atoms. The summed E-state index contributed by atoms with van der Waals surface area (Å²) in [4.78, 5) is 6.23. The highest BCUT2D eigenvalue weighted by Crippen LogP contribution is 2.06. The normalized spacial score (nSPS) is 11.4. The summed E-state index contributed by atoms with van der Waals surface area (Å²) in [5.74, 6) is 5.83. The molecule has 0 heterocycles. The first-order valence-corrected chi connectivity index (χ1v) is 6.14. The highest BCUT2D eigenvalue weighted by Gasteiger charge is 2.05. The van der Waals surface area contributed by atoms with Crippen molar-refractivity contribution in [3.8, 4) is 0 Å². The third-order valence-corrected chi connectivity index (χ3v) is 2.57. The largest absolute Gasteiger partial charge is 0.341 e. The van der Waals surface area contributed by atoms with E-state index in [1.807, 2.05) is 18.0 Å². The molecule has 3 N–H and O–H groups in total. The van der Waals surface area contributed by atoms with Crippen LogP contribution in [0.2, 0.25) is 0 Å². The summed E-state index contributed by atoms with van der Waals surface area (Å²) in [6, 6.07) is 6.51. The van der Waals surface area contributed by atoms with Gasteiger partial charge in [0.15, 0.2) is 0 Å². The second-order valence-corrected chi connectivity index (χ2v) is 4.19. The van der Waals surface area contributed by atoms with Crippen LogP contribution in [0.15, 0.2) is 29.3 Å². The number of aliphatic imine (C=N–C) groups is 1. The Labute approximate surface area is 108 Å². The number of hydrazine groups is 1. The highest BCUT2D eigenvalue weighted by atomic mass is 19.1. The lowest BCUT2D eigenvalue weighted by molar-refractivity contribution is 0.474. The molecule has 1 rings (SSSR count). The van der Waals surface area contributed by atoms with Crippen molar-refractivity contribution in [2.24, 2.45) is 10.8 Å². The van der Waals surface area contributed by atoms with Crippen LogP contribution < -0.4 is 11.3 Å². The molecular weight excluding hydrogens is 231 g/mol. The lowest BCUT2D eigenvalue weighted by Gasteiger charge is -2.20. The molecule has 0 radical (unpaired) electrons. The Morgan fingerprint density at radius 2 is 2.28 bits per heavy atom. The van der Waals surface area contributed by atoms with Crippen molar-refractivity contribution >= 4 is 5.96 Å². The summed E-state index contributed by atoms with van der Waals surface area (Å²) in [7, 11) is 1.87. The van der Waals surface area contributed by atoms with Crippen LogP contribution in [0.1, 0.15) is 25.3 Å². The fourth-order valence-corrected chi connectivity index (χ4v) is 1.60. The third kappa shape index (κ3) is 4.71. The number of hydrogen-bond acceptors (Lipinski definition) is 2.